The number of benzene rings is 1. The summed E-state index contributed by atoms with van der Waals surface area (Å²) in [6.45, 7) is -0.345. The molecule has 9 heteroatoms. The second-order valence-electron chi connectivity index (χ2n) is 3.51. The molecule has 0 bridgehead atoms. The van der Waals surface area contributed by atoms with Gasteiger partial charge in [-0.05, 0) is 12.1 Å². The highest BCUT2D eigenvalue weighted by Gasteiger charge is 2.25. The van der Waals surface area contributed by atoms with Gasteiger partial charge in [-0.3, -0.25) is 10.1 Å². The van der Waals surface area contributed by atoms with Crippen LogP contribution < -0.4 is 4.74 Å². The first-order valence-corrected chi connectivity index (χ1v) is 6.44. The lowest BCUT2D eigenvalue weighted by Crippen LogP contribution is -2.27. The summed E-state index contributed by atoms with van der Waals surface area (Å²) in [5.74, 6) is -0.0353. The summed E-state index contributed by atoms with van der Waals surface area (Å²) in [7, 11) is -1.47. The van der Waals surface area contributed by atoms with Crippen molar-refractivity contribution >= 4 is 15.7 Å². The maximum Gasteiger partial charge on any atom is 0.312 e. The van der Waals surface area contributed by atoms with Crippen LogP contribution in [0.25, 0.3) is 0 Å². The zero-order valence-corrected chi connectivity index (χ0v) is 11.0. The van der Waals surface area contributed by atoms with Crippen molar-refractivity contribution in [2.75, 3.05) is 20.7 Å². The largest absolute Gasteiger partial charge is 0.490 e. The standard InChI is InChI=1S/C10H11N3O5S/c1-12(6-5-11)19(16,17)8-3-4-10(18-2)9(7-8)13(14)15/h3-4,7H,6H2,1-2H3. The van der Waals surface area contributed by atoms with Crippen LogP contribution in [0.15, 0.2) is 23.1 Å². The van der Waals surface area contributed by atoms with E-state index >= 15 is 0 Å². The molecule has 0 unspecified atom stereocenters. The van der Waals surface area contributed by atoms with Crippen molar-refractivity contribution < 1.29 is 18.1 Å². The zero-order valence-electron chi connectivity index (χ0n) is 10.2. The summed E-state index contributed by atoms with van der Waals surface area (Å²) in [5.41, 5.74) is -0.450. The van der Waals surface area contributed by atoms with Gasteiger partial charge < -0.3 is 4.74 Å². The number of nitro benzene ring substituents is 1. The van der Waals surface area contributed by atoms with E-state index in [1.165, 1.54) is 26.3 Å². The van der Waals surface area contributed by atoms with Crippen molar-refractivity contribution in [2.45, 2.75) is 4.90 Å². The SMILES string of the molecule is COc1ccc(S(=O)(=O)N(C)CC#N)cc1[N+](=O)[O-]. The molecule has 0 fully saturated rings. The molecule has 0 atom stereocenters. The predicted molar refractivity (Wildman–Crippen MR) is 65.1 cm³/mol. The maximum atomic E-state index is 12.0. The highest BCUT2D eigenvalue weighted by Crippen LogP contribution is 2.30. The summed E-state index contributed by atoms with van der Waals surface area (Å²) >= 11 is 0. The molecule has 8 nitrogen and oxygen atoms in total. The molecule has 0 heterocycles. The molecule has 0 aliphatic rings. The smallest absolute Gasteiger partial charge is 0.312 e. The third-order valence-electron chi connectivity index (χ3n) is 2.35. The van der Waals surface area contributed by atoms with E-state index in [0.717, 1.165) is 10.4 Å². The van der Waals surface area contributed by atoms with Gasteiger partial charge in [0.05, 0.1) is 23.0 Å². The van der Waals surface area contributed by atoms with Gasteiger partial charge in [-0.25, -0.2) is 8.42 Å². The molecule has 1 aromatic rings. The van der Waals surface area contributed by atoms with Crippen LogP contribution in [0.5, 0.6) is 5.75 Å². The van der Waals surface area contributed by atoms with Gasteiger partial charge in [-0.15, -0.1) is 0 Å². The van der Waals surface area contributed by atoms with Crippen LogP contribution in [0.1, 0.15) is 0 Å². The molecular weight excluding hydrogens is 274 g/mol. The van der Waals surface area contributed by atoms with Crippen molar-refractivity contribution in [3.63, 3.8) is 0 Å². The van der Waals surface area contributed by atoms with E-state index in [2.05, 4.69) is 0 Å². The molecule has 1 rings (SSSR count). The van der Waals surface area contributed by atoms with E-state index in [1.807, 2.05) is 0 Å². The van der Waals surface area contributed by atoms with Gasteiger partial charge in [-0.1, -0.05) is 0 Å². The summed E-state index contributed by atoms with van der Waals surface area (Å²) < 4.78 is 29.6. The lowest BCUT2D eigenvalue weighted by Gasteiger charge is -2.13. The minimum absolute atomic E-state index is 0.0353. The van der Waals surface area contributed by atoms with Crippen LogP contribution >= 0.6 is 0 Å². The van der Waals surface area contributed by atoms with E-state index in [-0.39, 0.29) is 17.2 Å². The number of sulfonamides is 1. The van der Waals surface area contributed by atoms with Crippen LogP contribution in [0.2, 0.25) is 0 Å². The van der Waals surface area contributed by atoms with Gasteiger partial charge >= 0.3 is 5.69 Å². The van der Waals surface area contributed by atoms with Gasteiger partial charge in [0.25, 0.3) is 0 Å². The highest BCUT2D eigenvalue weighted by molar-refractivity contribution is 7.89. The minimum atomic E-state index is -3.93. The molecule has 1 aromatic carbocycles. The fourth-order valence-corrected chi connectivity index (χ4v) is 2.43. The Labute approximate surface area is 110 Å². The molecule has 0 spiro atoms. The number of rotatable bonds is 5. The number of hydrogen-bond acceptors (Lipinski definition) is 6. The average Bonchev–Trinajstić information content (AvgIpc) is 2.38. The molecular formula is C10H11N3O5S. The highest BCUT2D eigenvalue weighted by atomic mass is 32.2. The first-order chi connectivity index (χ1) is 8.84. The van der Waals surface area contributed by atoms with E-state index in [4.69, 9.17) is 10.00 Å². The Morgan fingerprint density at radius 3 is 2.63 bits per heavy atom. The number of nitro groups is 1. The quantitative estimate of drug-likeness (QED) is 0.448. The Hall–Kier alpha value is -2.18. The Morgan fingerprint density at radius 1 is 1.53 bits per heavy atom. The third-order valence-corrected chi connectivity index (χ3v) is 4.15. The average molecular weight is 285 g/mol. The topological polar surface area (TPSA) is 114 Å². The second kappa shape index (κ2) is 5.64. The van der Waals surface area contributed by atoms with E-state index in [1.54, 1.807) is 6.07 Å². The monoisotopic (exact) mass is 285 g/mol. The fraction of sp³-hybridized carbons (Fsp3) is 0.300. The summed E-state index contributed by atoms with van der Waals surface area (Å²) in [5, 5.41) is 19.3. The summed E-state index contributed by atoms with van der Waals surface area (Å²) in [4.78, 5) is 9.82. The first-order valence-electron chi connectivity index (χ1n) is 5.00. The lowest BCUT2D eigenvalue weighted by molar-refractivity contribution is -0.386. The van der Waals surface area contributed by atoms with Crippen molar-refractivity contribution in [3.05, 3.63) is 28.3 Å². The lowest BCUT2D eigenvalue weighted by atomic mass is 10.3. The molecule has 102 valence electrons. The zero-order chi connectivity index (χ0) is 14.6. The van der Waals surface area contributed by atoms with E-state index < -0.39 is 20.6 Å². The molecule has 0 aliphatic heterocycles. The molecule has 19 heavy (non-hydrogen) atoms. The van der Waals surface area contributed by atoms with Crippen LogP contribution in [0.3, 0.4) is 0 Å². The fourth-order valence-electron chi connectivity index (χ4n) is 1.34. The Bertz CT molecular complexity index is 635. The molecule has 0 aliphatic carbocycles. The molecule has 0 N–H and O–H groups in total. The van der Waals surface area contributed by atoms with Gasteiger partial charge in [0, 0.05) is 13.1 Å². The molecule has 0 saturated carbocycles. The molecule has 0 saturated heterocycles. The van der Waals surface area contributed by atoms with Crippen molar-refractivity contribution in [3.8, 4) is 11.8 Å². The van der Waals surface area contributed by atoms with Gasteiger partial charge in [0.1, 0.15) is 6.54 Å². The van der Waals surface area contributed by atoms with Crippen LogP contribution in [-0.4, -0.2) is 38.3 Å². The number of nitriles is 1. The van der Waals surface area contributed by atoms with Gasteiger partial charge in [0.15, 0.2) is 5.75 Å². The minimum Gasteiger partial charge on any atom is -0.490 e. The Kier molecular flexibility index (Phi) is 4.42. The number of ether oxygens (including phenoxy) is 1. The molecule has 0 aromatic heterocycles. The summed E-state index contributed by atoms with van der Waals surface area (Å²) in [6.07, 6.45) is 0. The van der Waals surface area contributed by atoms with Crippen LogP contribution in [0.4, 0.5) is 5.69 Å². The first kappa shape index (κ1) is 14.9. The molecule has 0 radical (unpaired) electrons. The van der Waals surface area contributed by atoms with Gasteiger partial charge in [-0.2, -0.15) is 9.57 Å². The number of hydrogen-bond donors (Lipinski definition) is 0. The van der Waals surface area contributed by atoms with Crippen molar-refractivity contribution in [1.29, 1.82) is 5.26 Å². The van der Waals surface area contributed by atoms with E-state index in [9.17, 15) is 18.5 Å². The van der Waals surface area contributed by atoms with Crippen molar-refractivity contribution in [1.82, 2.24) is 4.31 Å². The normalized spacial score (nSPS) is 11.1. The number of nitrogens with zero attached hydrogens (tertiary/aromatic N) is 3. The van der Waals surface area contributed by atoms with Crippen LogP contribution in [-0.2, 0) is 10.0 Å². The van der Waals surface area contributed by atoms with Crippen LogP contribution in [0, 0.1) is 21.4 Å². The third kappa shape index (κ3) is 2.98. The molecule has 0 amide bonds. The number of methoxy groups -OCH3 is 1. The second-order valence-corrected chi connectivity index (χ2v) is 5.55. The van der Waals surface area contributed by atoms with Crippen molar-refractivity contribution in [2.24, 2.45) is 0 Å². The Balaban J connectivity index is 3.34. The predicted octanol–water partition coefficient (Wildman–Crippen LogP) is 0.747. The Morgan fingerprint density at radius 2 is 2.16 bits per heavy atom. The maximum absolute atomic E-state index is 12.0. The van der Waals surface area contributed by atoms with E-state index in [0.29, 0.717) is 0 Å². The summed E-state index contributed by atoms with van der Waals surface area (Å²) in [6, 6.07) is 4.99. The van der Waals surface area contributed by atoms with Gasteiger partial charge in [0.2, 0.25) is 10.0 Å².